The van der Waals surface area contributed by atoms with Gasteiger partial charge in [-0.3, -0.25) is 0 Å². The van der Waals surface area contributed by atoms with Crippen LogP contribution in [0.5, 0.6) is 5.75 Å². The summed E-state index contributed by atoms with van der Waals surface area (Å²) in [4.78, 5) is 0. The largest absolute Gasteiger partial charge is 0.707 e. The van der Waals surface area contributed by atoms with Crippen LogP contribution in [0.15, 0.2) is 13.4 Å². The van der Waals surface area contributed by atoms with Gasteiger partial charge in [0.1, 0.15) is 0 Å². The van der Waals surface area contributed by atoms with Gasteiger partial charge in [0.15, 0.2) is 11.6 Å². The molecule has 1 aromatic rings. The van der Waals surface area contributed by atoms with Crippen LogP contribution in [0.3, 0.4) is 0 Å². The van der Waals surface area contributed by atoms with Crippen molar-refractivity contribution in [2.24, 2.45) is 0 Å². The van der Waals surface area contributed by atoms with Crippen LogP contribution >= 0.6 is 47.8 Å². The Bertz CT molecular complexity index is 373. The topological polar surface area (TPSA) is 49.7 Å². The smallest absolute Gasteiger partial charge is 0.509 e. The second-order valence-corrected chi connectivity index (χ2v) is 4.72. The van der Waals surface area contributed by atoms with E-state index in [-0.39, 0.29) is 13.4 Å². The summed E-state index contributed by atoms with van der Waals surface area (Å²) in [5.41, 5.74) is 0. The maximum Gasteiger partial charge on any atom is 0.707 e. The molecule has 0 bridgehead atoms. The van der Waals surface area contributed by atoms with E-state index in [1.54, 1.807) is 0 Å². The molecule has 0 aromatic heterocycles. The van der Waals surface area contributed by atoms with Gasteiger partial charge in [-0.25, -0.2) is 4.39 Å². The predicted molar refractivity (Wildman–Crippen MR) is 60.3 cm³/mol. The van der Waals surface area contributed by atoms with E-state index < -0.39 is 24.7 Å². The van der Waals surface area contributed by atoms with Gasteiger partial charge in [-0.05, 0) is 47.8 Å². The van der Waals surface area contributed by atoms with E-state index in [2.05, 4.69) is 52.4 Å². The standard InChI is InChI=1S/C6H2BBr3F2O3/c8-1-2(9)4(11)5(12)6(3(1)10)15-7(13)14/h13-14H. The first-order chi connectivity index (χ1) is 6.86. The van der Waals surface area contributed by atoms with Crippen LogP contribution in [-0.4, -0.2) is 17.4 Å². The second-order valence-electron chi connectivity index (χ2n) is 2.34. The van der Waals surface area contributed by atoms with E-state index in [4.69, 9.17) is 10.0 Å². The molecule has 0 saturated carbocycles. The van der Waals surface area contributed by atoms with Gasteiger partial charge in [0.05, 0.1) is 13.4 Å². The number of benzene rings is 1. The lowest BCUT2D eigenvalue weighted by atomic mass is 10.2. The van der Waals surface area contributed by atoms with Gasteiger partial charge in [0.25, 0.3) is 0 Å². The third-order valence-corrected chi connectivity index (χ3v) is 4.75. The molecule has 0 radical (unpaired) electrons. The van der Waals surface area contributed by atoms with Crippen LogP contribution in [0.4, 0.5) is 8.78 Å². The monoisotopic (exact) mass is 408 g/mol. The molecule has 3 nitrogen and oxygen atoms in total. The number of hydrogen-bond donors (Lipinski definition) is 2. The molecule has 0 heterocycles. The van der Waals surface area contributed by atoms with Crippen molar-refractivity contribution < 1.29 is 23.5 Å². The number of rotatable bonds is 2. The highest BCUT2D eigenvalue weighted by Crippen LogP contribution is 2.42. The molecule has 0 aliphatic rings. The molecule has 1 aromatic carbocycles. The average molecular weight is 411 g/mol. The molecule has 1 rings (SSSR count). The van der Waals surface area contributed by atoms with Crippen molar-refractivity contribution in [2.75, 3.05) is 0 Å². The van der Waals surface area contributed by atoms with Crippen molar-refractivity contribution in [1.29, 1.82) is 0 Å². The van der Waals surface area contributed by atoms with Gasteiger partial charge in [-0.2, -0.15) is 4.39 Å². The van der Waals surface area contributed by atoms with E-state index in [1.807, 2.05) is 0 Å². The fourth-order valence-electron chi connectivity index (χ4n) is 0.794. The first kappa shape index (κ1) is 13.4. The summed E-state index contributed by atoms with van der Waals surface area (Å²) in [6.45, 7) is 0. The minimum Gasteiger partial charge on any atom is -0.509 e. The molecular weight excluding hydrogens is 409 g/mol. The van der Waals surface area contributed by atoms with Crippen molar-refractivity contribution >= 4 is 55.1 Å². The van der Waals surface area contributed by atoms with Crippen molar-refractivity contribution in [3.05, 3.63) is 25.1 Å². The van der Waals surface area contributed by atoms with Gasteiger partial charge in [0, 0.05) is 0 Å². The van der Waals surface area contributed by atoms with Crippen molar-refractivity contribution in [2.45, 2.75) is 0 Å². The maximum atomic E-state index is 13.3. The Morgan fingerprint density at radius 1 is 0.933 bits per heavy atom. The second kappa shape index (κ2) is 5.09. The predicted octanol–water partition coefficient (Wildman–Crippen LogP) is 2.60. The quantitative estimate of drug-likeness (QED) is 0.448. The van der Waals surface area contributed by atoms with Crippen LogP contribution in [-0.2, 0) is 0 Å². The lowest BCUT2D eigenvalue weighted by Gasteiger charge is -2.11. The van der Waals surface area contributed by atoms with E-state index in [0.29, 0.717) is 0 Å². The third-order valence-electron chi connectivity index (χ3n) is 1.39. The first-order valence-corrected chi connectivity index (χ1v) is 5.78. The first-order valence-electron chi connectivity index (χ1n) is 3.40. The molecule has 15 heavy (non-hydrogen) atoms. The van der Waals surface area contributed by atoms with E-state index in [9.17, 15) is 8.78 Å². The van der Waals surface area contributed by atoms with Gasteiger partial charge in [0.2, 0.25) is 5.82 Å². The Labute approximate surface area is 109 Å². The summed E-state index contributed by atoms with van der Waals surface area (Å²) in [5, 5.41) is 17.0. The molecule has 82 valence electrons. The zero-order chi connectivity index (χ0) is 11.7. The summed E-state index contributed by atoms with van der Waals surface area (Å²) in [6.07, 6.45) is 0. The summed E-state index contributed by atoms with van der Waals surface area (Å²) < 4.78 is 30.8. The SMILES string of the molecule is OB(O)Oc1c(F)c(F)c(Br)c(Br)c1Br. The Kier molecular flexibility index (Phi) is 4.54. The molecule has 0 aliphatic heterocycles. The Morgan fingerprint density at radius 2 is 1.47 bits per heavy atom. The highest BCUT2D eigenvalue weighted by molar-refractivity contribution is 9.14. The molecule has 0 fully saturated rings. The van der Waals surface area contributed by atoms with Gasteiger partial charge in [-0.15, -0.1) is 0 Å². The highest BCUT2D eigenvalue weighted by atomic mass is 79.9. The summed E-state index contributed by atoms with van der Waals surface area (Å²) in [6, 6.07) is 0. The molecule has 0 aliphatic carbocycles. The normalized spacial score (nSPS) is 10.3. The minimum absolute atomic E-state index is 0.0291. The number of halogens is 5. The lowest BCUT2D eigenvalue weighted by molar-refractivity contribution is 0.278. The van der Waals surface area contributed by atoms with Crippen LogP contribution in [0.2, 0.25) is 0 Å². The maximum absolute atomic E-state index is 13.3. The zero-order valence-electron chi connectivity index (χ0n) is 6.77. The average Bonchev–Trinajstić information content (AvgIpc) is 2.18. The molecular formula is C6H2BBr3F2O3. The van der Waals surface area contributed by atoms with Crippen LogP contribution in [0, 0.1) is 11.6 Å². The number of hydrogen-bond acceptors (Lipinski definition) is 3. The minimum atomic E-state index is -2.23. The van der Waals surface area contributed by atoms with E-state index >= 15 is 0 Å². The lowest BCUT2D eigenvalue weighted by Crippen LogP contribution is -2.22. The zero-order valence-corrected chi connectivity index (χ0v) is 11.5. The van der Waals surface area contributed by atoms with Crippen molar-refractivity contribution in [3.63, 3.8) is 0 Å². The third kappa shape index (κ3) is 2.70. The Morgan fingerprint density at radius 3 is 1.93 bits per heavy atom. The van der Waals surface area contributed by atoms with Gasteiger partial charge >= 0.3 is 7.32 Å². The van der Waals surface area contributed by atoms with Crippen molar-refractivity contribution in [3.8, 4) is 5.75 Å². The fraction of sp³-hybridized carbons (Fsp3) is 0. The Balaban J connectivity index is 3.39. The molecule has 0 amide bonds. The summed E-state index contributed by atoms with van der Waals surface area (Å²) in [7, 11) is -2.23. The van der Waals surface area contributed by atoms with E-state index in [0.717, 1.165) is 0 Å². The van der Waals surface area contributed by atoms with Crippen LogP contribution < -0.4 is 4.65 Å². The molecule has 9 heteroatoms. The van der Waals surface area contributed by atoms with Gasteiger partial charge in [-0.1, -0.05) is 0 Å². The molecule has 0 atom stereocenters. The van der Waals surface area contributed by atoms with Crippen LogP contribution in [0.25, 0.3) is 0 Å². The van der Waals surface area contributed by atoms with E-state index in [1.165, 1.54) is 0 Å². The fourth-order valence-corrected chi connectivity index (χ4v) is 2.25. The molecule has 0 unspecified atom stereocenters. The molecule has 0 saturated heterocycles. The highest BCUT2D eigenvalue weighted by Gasteiger charge is 2.25. The summed E-state index contributed by atoms with van der Waals surface area (Å²) in [5.74, 6) is -3.15. The molecule has 2 N–H and O–H groups in total. The summed E-state index contributed by atoms with van der Waals surface area (Å²) >= 11 is 8.68. The van der Waals surface area contributed by atoms with Crippen molar-refractivity contribution in [1.82, 2.24) is 0 Å². The Hall–Kier alpha value is 0.305. The van der Waals surface area contributed by atoms with Crippen LogP contribution in [0.1, 0.15) is 0 Å². The molecule has 0 spiro atoms. The van der Waals surface area contributed by atoms with Gasteiger partial charge < -0.3 is 14.7 Å².